The molecule has 3 N–H and O–H groups in total. The maximum atomic E-state index is 12.5. The lowest BCUT2D eigenvalue weighted by Crippen LogP contribution is -2.35. The lowest BCUT2D eigenvalue weighted by molar-refractivity contribution is -0.384. The Morgan fingerprint density at radius 3 is 2.15 bits per heavy atom. The number of carbonyl (C=O) groups excluding carboxylic acids is 1. The molecule has 2 amide bonds. The molecule has 0 saturated heterocycles. The molecule has 3 aromatic carbocycles. The molecule has 3 rings (SSSR count). The highest BCUT2D eigenvalue weighted by molar-refractivity contribution is 7.89. The summed E-state index contributed by atoms with van der Waals surface area (Å²) in [4.78, 5) is 35.7. The number of nitrogens with one attached hydrogen (secondary N) is 1. The summed E-state index contributed by atoms with van der Waals surface area (Å²) in [6.45, 7) is 3.95. The van der Waals surface area contributed by atoms with Crippen LogP contribution in [-0.4, -0.2) is 59.8 Å². The lowest BCUT2D eigenvalue weighted by atomic mass is 9.93. The van der Waals surface area contributed by atoms with E-state index in [-0.39, 0.29) is 24.7 Å². The van der Waals surface area contributed by atoms with Gasteiger partial charge in [0.2, 0.25) is 10.0 Å². The quantitative estimate of drug-likeness (QED) is 0.208. The van der Waals surface area contributed by atoms with Gasteiger partial charge in [-0.15, -0.1) is 0 Å². The highest BCUT2D eigenvalue weighted by atomic mass is 32.2. The van der Waals surface area contributed by atoms with E-state index in [1.165, 1.54) is 24.3 Å². The van der Waals surface area contributed by atoms with Crippen LogP contribution in [0.25, 0.3) is 11.1 Å². The van der Waals surface area contributed by atoms with E-state index < -0.39 is 33.1 Å². The molecule has 0 radical (unpaired) electrons. The van der Waals surface area contributed by atoms with Crippen molar-refractivity contribution in [1.82, 2.24) is 9.62 Å². The van der Waals surface area contributed by atoms with Gasteiger partial charge in [-0.2, -0.15) is 0 Å². The first-order valence-electron chi connectivity index (χ1n) is 12.9. The third-order valence-corrected chi connectivity index (χ3v) is 6.92. The highest BCUT2D eigenvalue weighted by Crippen LogP contribution is 2.26. The molecule has 0 fully saturated rings. The van der Waals surface area contributed by atoms with E-state index in [1.54, 1.807) is 12.1 Å². The van der Waals surface area contributed by atoms with Crippen LogP contribution in [0.4, 0.5) is 10.5 Å². The van der Waals surface area contributed by atoms with Crippen molar-refractivity contribution < 1.29 is 33.1 Å². The van der Waals surface area contributed by atoms with Gasteiger partial charge in [0.25, 0.3) is 11.6 Å². The number of non-ortho nitro benzene ring substituents is 1. The number of nitro benzene ring substituents is 1. The number of carboxylic acid groups (broad SMARTS) is 1. The topological polar surface area (TPSA) is 167 Å². The summed E-state index contributed by atoms with van der Waals surface area (Å²) >= 11 is 0. The monoisotopic (exact) mass is 583 g/mol. The summed E-state index contributed by atoms with van der Waals surface area (Å²) in [5, 5.41) is 30.9. The first kappa shape index (κ1) is 31.2. The van der Waals surface area contributed by atoms with Crippen molar-refractivity contribution in [2.75, 3.05) is 19.3 Å². The molecule has 0 saturated carbocycles. The van der Waals surface area contributed by atoms with Crippen molar-refractivity contribution >= 4 is 27.7 Å². The van der Waals surface area contributed by atoms with Crippen LogP contribution in [-0.2, 0) is 22.9 Å². The fourth-order valence-electron chi connectivity index (χ4n) is 4.35. The Hall–Kier alpha value is -4.29. The van der Waals surface area contributed by atoms with Crippen LogP contribution >= 0.6 is 0 Å². The van der Waals surface area contributed by atoms with Gasteiger partial charge < -0.3 is 15.1 Å². The Balaban J connectivity index is 1.70. The molecule has 0 heterocycles. The maximum absolute atomic E-state index is 12.5. The largest absolute Gasteiger partial charge is 0.465 e. The number of benzene rings is 3. The van der Waals surface area contributed by atoms with Gasteiger partial charge in [0.05, 0.1) is 23.8 Å². The van der Waals surface area contributed by atoms with Crippen molar-refractivity contribution in [3.63, 3.8) is 0 Å². The standard InChI is InChI=1S/C29H33N3O8S/c1-19(2)16-24-17-23(10-13-26(24)28(34)30-41(3,39)40)21-6-4-20(5-7-21)14-15-31(29(35)36)18-27(33)22-8-11-25(12-9-22)32(37)38/h4-13,17,19,27,33H,14-16,18H2,1-3H3,(H,30,34)(H,35,36)/t27-/m1/s1. The van der Waals surface area contributed by atoms with Gasteiger partial charge in [0, 0.05) is 24.2 Å². The zero-order chi connectivity index (χ0) is 30.3. The van der Waals surface area contributed by atoms with Crippen LogP contribution in [0.3, 0.4) is 0 Å². The molecule has 41 heavy (non-hydrogen) atoms. The Labute approximate surface area is 238 Å². The lowest BCUT2D eigenvalue weighted by Gasteiger charge is -2.22. The molecule has 3 aromatic rings. The van der Waals surface area contributed by atoms with E-state index in [2.05, 4.69) is 0 Å². The molecule has 12 heteroatoms. The number of carbonyl (C=O) groups is 2. The second-order valence-electron chi connectivity index (χ2n) is 10.2. The molecule has 1 atom stereocenters. The van der Waals surface area contributed by atoms with Gasteiger partial charge >= 0.3 is 6.09 Å². The summed E-state index contributed by atoms with van der Waals surface area (Å²) in [6, 6.07) is 18.1. The molecule has 0 bridgehead atoms. The molecular weight excluding hydrogens is 550 g/mol. The summed E-state index contributed by atoms with van der Waals surface area (Å²) in [5.74, 6) is -0.444. The van der Waals surface area contributed by atoms with E-state index in [0.717, 1.165) is 33.4 Å². The van der Waals surface area contributed by atoms with E-state index in [0.29, 0.717) is 24.0 Å². The van der Waals surface area contributed by atoms with E-state index in [9.17, 15) is 38.3 Å². The number of hydrogen-bond acceptors (Lipinski definition) is 7. The Bertz CT molecular complexity index is 1500. The molecule has 218 valence electrons. The molecule has 11 nitrogen and oxygen atoms in total. The fraction of sp³-hybridized carbons (Fsp3) is 0.310. The normalized spacial score (nSPS) is 12.1. The molecule has 0 unspecified atom stereocenters. The van der Waals surface area contributed by atoms with E-state index in [4.69, 9.17) is 0 Å². The van der Waals surface area contributed by atoms with Crippen LogP contribution < -0.4 is 4.72 Å². The number of hydrogen-bond donors (Lipinski definition) is 3. The number of nitro groups is 1. The summed E-state index contributed by atoms with van der Waals surface area (Å²) < 4.78 is 25.1. The van der Waals surface area contributed by atoms with Crippen molar-refractivity contribution in [3.05, 3.63) is 99.1 Å². The van der Waals surface area contributed by atoms with Gasteiger partial charge in [-0.3, -0.25) is 14.9 Å². The van der Waals surface area contributed by atoms with Gasteiger partial charge in [0.15, 0.2) is 0 Å². The predicted octanol–water partition coefficient (Wildman–Crippen LogP) is 4.41. The van der Waals surface area contributed by atoms with Crippen LogP contribution in [0.2, 0.25) is 0 Å². The van der Waals surface area contributed by atoms with Crippen LogP contribution in [0.15, 0.2) is 66.7 Å². The van der Waals surface area contributed by atoms with Gasteiger partial charge in [-0.05, 0) is 64.8 Å². The minimum atomic E-state index is -3.70. The van der Waals surface area contributed by atoms with E-state index >= 15 is 0 Å². The number of nitrogens with zero attached hydrogens (tertiary/aromatic N) is 2. The van der Waals surface area contributed by atoms with E-state index in [1.807, 2.05) is 48.9 Å². The Morgan fingerprint density at radius 1 is 1.00 bits per heavy atom. The average molecular weight is 584 g/mol. The van der Waals surface area contributed by atoms with Crippen molar-refractivity contribution in [2.24, 2.45) is 5.92 Å². The first-order valence-corrected chi connectivity index (χ1v) is 14.8. The number of sulfonamides is 1. The number of rotatable bonds is 12. The fourth-order valence-corrected chi connectivity index (χ4v) is 4.80. The minimum Gasteiger partial charge on any atom is -0.465 e. The number of aliphatic hydroxyl groups is 1. The van der Waals surface area contributed by atoms with Gasteiger partial charge in [0.1, 0.15) is 0 Å². The van der Waals surface area contributed by atoms with Crippen LogP contribution in [0, 0.1) is 16.0 Å². The second-order valence-corrected chi connectivity index (χ2v) is 12.0. The third-order valence-electron chi connectivity index (χ3n) is 6.37. The molecule has 0 spiro atoms. The minimum absolute atomic E-state index is 0.121. The number of amides is 2. The van der Waals surface area contributed by atoms with Gasteiger partial charge in [-0.25, -0.2) is 17.9 Å². The van der Waals surface area contributed by atoms with Gasteiger partial charge in [-0.1, -0.05) is 50.2 Å². The smallest absolute Gasteiger partial charge is 0.407 e. The molecular formula is C29H33N3O8S. The SMILES string of the molecule is CC(C)Cc1cc(-c2ccc(CCN(C[C@@H](O)c3ccc([N+](=O)[O-])cc3)C(=O)O)cc2)ccc1C(=O)NS(C)(=O)=O. The maximum Gasteiger partial charge on any atom is 0.407 e. The molecule has 0 aromatic heterocycles. The predicted molar refractivity (Wildman–Crippen MR) is 154 cm³/mol. The average Bonchev–Trinajstić information content (AvgIpc) is 2.89. The van der Waals surface area contributed by atoms with Crippen LogP contribution in [0.1, 0.15) is 47.0 Å². The zero-order valence-corrected chi connectivity index (χ0v) is 23.8. The molecule has 0 aliphatic carbocycles. The molecule has 0 aliphatic heterocycles. The Morgan fingerprint density at radius 2 is 1.61 bits per heavy atom. The zero-order valence-electron chi connectivity index (χ0n) is 23.0. The number of aliphatic hydroxyl groups excluding tert-OH is 1. The second kappa shape index (κ2) is 13.4. The van der Waals surface area contributed by atoms with Crippen molar-refractivity contribution in [3.8, 4) is 11.1 Å². The van der Waals surface area contributed by atoms with Crippen molar-refractivity contribution in [2.45, 2.75) is 32.8 Å². The third kappa shape index (κ3) is 9.12. The summed E-state index contributed by atoms with van der Waals surface area (Å²) in [6.07, 6.45) is -0.436. The summed E-state index contributed by atoms with van der Waals surface area (Å²) in [5.41, 5.74) is 3.88. The molecule has 0 aliphatic rings. The van der Waals surface area contributed by atoms with Crippen molar-refractivity contribution in [1.29, 1.82) is 0 Å². The van der Waals surface area contributed by atoms with Crippen LogP contribution in [0.5, 0.6) is 0 Å². The highest BCUT2D eigenvalue weighted by Gasteiger charge is 2.20. The Kier molecular flexibility index (Phi) is 10.2. The first-order chi connectivity index (χ1) is 19.2. The summed E-state index contributed by atoms with van der Waals surface area (Å²) in [7, 11) is -3.70.